The van der Waals surface area contributed by atoms with Crippen molar-refractivity contribution in [1.82, 2.24) is 15.0 Å². The van der Waals surface area contributed by atoms with Gasteiger partial charge in [0, 0.05) is 24.6 Å². The van der Waals surface area contributed by atoms with Crippen LogP contribution in [0.3, 0.4) is 0 Å². The second kappa shape index (κ2) is 8.20. The van der Waals surface area contributed by atoms with Crippen LogP contribution in [-0.4, -0.2) is 20.9 Å². The maximum atomic E-state index is 12.5. The van der Waals surface area contributed by atoms with Gasteiger partial charge >= 0.3 is 0 Å². The molecule has 1 aromatic carbocycles. The van der Waals surface area contributed by atoms with Gasteiger partial charge in [0.25, 0.3) is 5.91 Å². The minimum absolute atomic E-state index is 0.262. The zero-order valence-corrected chi connectivity index (χ0v) is 14.9. The average molecular weight is 347 g/mol. The van der Waals surface area contributed by atoms with Crippen LogP contribution < -0.4 is 10.6 Å². The minimum atomic E-state index is -0.262. The zero-order chi connectivity index (χ0) is 18.4. The number of rotatable bonds is 6. The molecule has 0 atom stereocenters. The monoisotopic (exact) mass is 347 g/mol. The molecule has 0 saturated heterocycles. The number of hydrogen-bond donors (Lipinski definition) is 2. The van der Waals surface area contributed by atoms with Crippen LogP contribution in [0, 0.1) is 6.92 Å². The van der Waals surface area contributed by atoms with Gasteiger partial charge in [0.15, 0.2) is 0 Å². The van der Waals surface area contributed by atoms with Gasteiger partial charge in [-0.25, -0.2) is 9.97 Å². The number of hydrogen-bond acceptors (Lipinski definition) is 5. The molecule has 0 aliphatic rings. The van der Waals surface area contributed by atoms with Gasteiger partial charge in [-0.3, -0.25) is 9.78 Å². The molecular formula is C20H21N5O. The number of amides is 1. The van der Waals surface area contributed by atoms with E-state index in [4.69, 9.17) is 0 Å². The molecule has 0 aliphatic carbocycles. The molecule has 0 radical (unpaired) electrons. The molecule has 0 saturated carbocycles. The molecule has 6 nitrogen and oxygen atoms in total. The maximum absolute atomic E-state index is 12.5. The van der Waals surface area contributed by atoms with Crippen LogP contribution >= 0.6 is 0 Å². The number of pyridine rings is 1. The molecular weight excluding hydrogens is 326 g/mol. The summed E-state index contributed by atoms with van der Waals surface area (Å²) in [5.74, 6) is 0.352. The van der Waals surface area contributed by atoms with Crippen molar-refractivity contribution in [2.24, 2.45) is 0 Å². The van der Waals surface area contributed by atoms with Crippen molar-refractivity contribution in [3.8, 4) is 0 Å². The Labute approximate surface area is 152 Å². The molecule has 2 N–H and O–H groups in total. The second-order valence-corrected chi connectivity index (χ2v) is 5.91. The van der Waals surface area contributed by atoms with E-state index in [1.807, 2.05) is 37.3 Å². The third kappa shape index (κ3) is 4.22. The van der Waals surface area contributed by atoms with E-state index in [1.54, 1.807) is 18.6 Å². The fourth-order valence-electron chi connectivity index (χ4n) is 2.61. The van der Waals surface area contributed by atoms with Crippen LogP contribution in [0.15, 0.2) is 55.1 Å². The second-order valence-electron chi connectivity index (χ2n) is 5.91. The molecule has 2 aromatic heterocycles. The van der Waals surface area contributed by atoms with Gasteiger partial charge in [0.2, 0.25) is 0 Å². The van der Waals surface area contributed by atoms with E-state index >= 15 is 0 Å². The predicted molar refractivity (Wildman–Crippen MR) is 102 cm³/mol. The lowest BCUT2D eigenvalue weighted by Crippen LogP contribution is -2.16. The topological polar surface area (TPSA) is 79.8 Å². The highest BCUT2D eigenvalue weighted by Gasteiger charge is 2.12. The Bertz CT molecular complexity index is 878. The number of carbonyl (C=O) groups is 1. The summed E-state index contributed by atoms with van der Waals surface area (Å²) in [6.45, 7) is 4.66. The van der Waals surface area contributed by atoms with E-state index in [0.29, 0.717) is 12.4 Å². The van der Waals surface area contributed by atoms with Crippen molar-refractivity contribution in [3.63, 3.8) is 0 Å². The number of aryl methyl sites for hydroxylation is 2. The summed E-state index contributed by atoms with van der Waals surface area (Å²) in [5, 5.41) is 6.13. The Morgan fingerprint density at radius 2 is 1.88 bits per heavy atom. The number of benzene rings is 1. The van der Waals surface area contributed by atoms with Gasteiger partial charge in [-0.2, -0.15) is 0 Å². The maximum Gasteiger partial charge on any atom is 0.275 e. The van der Waals surface area contributed by atoms with Crippen LogP contribution in [0.25, 0.3) is 0 Å². The van der Waals surface area contributed by atoms with Crippen LogP contribution in [0.1, 0.15) is 34.1 Å². The molecule has 0 fully saturated rings. The number of para-hydroxylation sites is 1. The average Bonchev–Trinajstić information content (AvgIpc) is 2.69. The summed E-state index contributed by atoms with van der Waals surface area (Å²) < 4.78 is 0. The van der Waals surface area contributed by atoms with Gasteiger partial charge in [0.05, 0.1) is 12.4 Å². The van der Waals surface area contributed by atoms with E-state index in [2.05, 4.69) is 32.5 Å². The quantitative estimate of drug-likeness (QED) is 0.712. The Morgan fingerprint density at radius 3 is 2.58 bits per heavy atom. The highest BCUT2D eigenvalue weighted by atomic mass is 16.1. The highest BCUT2D eigenvalue weighted by molar-refractivity contribution is 6.03. The third-order valence-electron chi connectivity index (χ3n) is 4.09. The third-order valence-corrected chi connectivity index (χ3v) is 4.09. The zero-order valence-electron chi connectivity index (χ0n) is 14.9. The van der Waals surface area contributed by atoms with Crippen molar-refractivity contribution < 1.29 is 4.79 Å². The van der Waals surface area contributed by atoms with Crippen LogP contribution in [0.2, 0.25) is 0 Å². The molecule has 26 heavy (non-hydrogen) atoms. The lowest BCUT2D eigenvalue weighted by atomic mass is 10.1. The van der Waals surface area contributed by atoms with E-state index < -0.39 is 0 Å². The smallest absolute Gasteiger partial charge is 0.275 e. The van der Waals surface area contributed by atoms with Crippen LogP contribution in [0.5, 0.6) is 0 Å². The normalized spacial score (nSPS) is 10.4. The van der Waals surface area contributed by atoms with Gasteiger partial charge in [-0.1, -0.05) is 25.1 Å². The van der Waals surface area contributed by atoms with Gasteiger partial charge in [-0.05, 0) is 42.2 Å². The Morgan fingerprint density at radius 1 is 1.08 bits per heavy atom. The molecule has 132 valence electrons. The summed E-state index contributed by atoms with van der Waals surface area (Å²) in [4.78, 5) is 25.0. The lowest BCUT2D eigenvalue weighted by molar-refractivity contribution is 0.102. The summed E-state index contributed by atoms with van der Waals surface area (Å²) in [5.41, 5.74) is 4.35. The summed E-state index contributed by atoms with van der Waals surface area (Å²) in [6, 6.07) is 9.84. The van der Waals surface area contributed by atoms with Crippen molar-refractivity contribution in [2.75, 3.05) is 10.6 Å². The first-order valence-electron chi connectivity index (χ1n) is 8.52. The number of nitrogens with one attached hydrogen (secondary N) is 2. The molecule has 0 spiro atoms. The van der Waals surface area contributed by atoms with Crippen LogP contribution in [0.4, 0.5) is 11.5 Å². The van der Waals surface area contributed by atoms with E-state index in [0.717, 1.165) is 28.8 Å². The first kappa shape index (κ1) is 17.5. The predicted octanol–water partition coefficient (Wildman–Crippen LogP) is 3.61. The number of anilines is 2. The fourth-order valence-corrected chi connectivity index (χ4v) is 2.61. The molecule has 0 bridgehead atoms. The minimum Gasteiger partial charge on any atom is -0.365 e. The molecule has 2 heterocycles. The van der Waals surface area contributed by atoms with Crippen molar-refractivity contribution in [2.45, 2.75) is 26.8 Å². The lowest BCUT2D eigenvalue weighted by Gasteiger charge is -2.12. The number of nitrogens with zero attached hydrogens (tertiary/aromatic N) is 3. The van der Waals surface area contributed by atoms with Crippen LogP contribution in [-0.2, 0) is 13.0 Å². The Hall–Kier alpha value is -3.28. The van der Waals surface area contributed by atoms with Gasteiger partial charge in [0.1, 0.15) is 11.5 Å². The largest absolute Gasteiger partial charge is 0.365 e. The SMILES string of the molecule is CCc1cccc(C)c1NC(=O)c1cnc(NCc2ccncc2)cn1. The van der Waals surface area contributed by atoms with Gasteiger partial charge in [-0.15, -0.1) is 0 Å². The van der Waals surface area contributed by atoms with Crippen molar-refractivity contribution in [3.05, 3.63) is 77.5 Å². The number of aromatic nitrogens is 3. The highest BCUT2D eigenvalue weighted by Crippen LogP contribution is 2.21. The first-order valence-corrected chi connectivity index (χ1v) is 8.52. The summed E-state index contributed by atoms with van der Waals surface area (Å²) in [7, 11) is 0. The summed E-state index contributed by atoms with van der Waals surface area (Å²) >= 11 is 0. The fraction of sp³-hybridized carbons (Fsp3) is 0.200. The number of carbonyl (C=O) groups excluding carboxylic acids is 1. The van der Waals surface area contributed by atoms with Gasteiger partial charge < -0.3 is 10.6 Å². The molecule has 6 heteroatoms. The van der Waals surface area contributed by atoms with Crippen molar-refractivity contribution in [1.29, 1.82) is 0 Å². The van der Waals surface area contributed by atoms with E-state index in [9.17, 15) is 4.79 Å². The summed E-state index contributed by atoms with van der Waals surface area (Å²) in [6.07, 6.45) is 7.38. The van der Waals surface area contributed by atoms with Crippen molar-refractivity contribution >= 4 is 17.4 Å². The van der Waals surface area contributed by atoms with E-state index in [-0.39, 0.29) is 11.6 Å². The molecule has 3 aromatic rings. The molecule has 1 amide bonds. The molecule has 0 unspecified atom stereocenters. The Balaban J connectivity index is 1.66. The standard InChI is InChI=1S/C20H21N5O/c1-3-16-6-4-5-14(2)19(16)25-20(26)17-12-24-18(13-22-17)23-11-15-7-9-21-10-8-15/h4-10,12-13H,3,11H2,1-2H3,(H,23,24)(H,25,26). The Kier molecular flexibility index (Phi) is 5.53. The van der Waals surface area contributed by atoms with E-state index in [1.165, 1.54) is 6.20 Å². The first-order chi connectivity index (χ1) is 12.7. The molecule has 0 aliphatic heterocycles. The molecule has 3 rings (SSSR count).